The monoisotopic (exact) mass is 634 g/mol. The van der Waals surface area contributed by atoms with Gasteiger partial charge in [0.1, 0.15) is 17.2 Å². The van der Waals surface area contributed by atoms with Crippen LogP contribution in [0.4, 0.5) is 4.39 Å². The number of rotatable bonds is 8. The second-order valence-electron chi connectivity index (χ2n) is 11.7. The third-order valence-corrected chi connectivity index (χ3v) is 8.88. The van der Waals surface area contributed by atoms with Crippen LogP contribution < -0.4 is 15.2 Å². The number of benzene rings is 2. The van der Waals surface area contributed by atoms with Crippen LogP contribution in [0.5, 0.6) is 11.5 Å². The first-order chi connectivity index (χ1) is 21.7. The molecule has 11 nitrogen and oxygen atoms in total. The topological polar surface area (TPSA) is 121 Å². The predicted molar refractivity (Wildman–Crippen MR) is 164 cm³/mol. The minimum atomic E-state index is -1.29. The van der Waals surface area contributed by atoms with E-state index >= 15 is 0 Å². The number of aromatic amines is 1. The maximum atomic E-state index is 14.8. The number of methoxy groups -OCH3 is 1. The number of pyridine rings is 1. The highest BCUT2D eigenvalue weighted by molar-refractivity contribution is 6.30. The molecule has 0 saturated carbocycles. The number of para-hydroxylation sites is 1. The summed E-state index contributed by atoms with van der Waals surface area (Å²) in [4.78, 5) is 26.0. The number of ether oxygens (including phenoxy) is 3. The highest BCUT2D eigenvalue weighted by atomic mass is 35.5. The van der Waals surface area contributed by atoms with Crippen molar-refractivity contribution in [2.75, 3.05) is 20.2 Å². The summed E-state index contributed by atoms with van der Waals surface area (Å²) >= 11 is 5.98. The molecule has 2 atom stereocenters. The van der Waals surface area contributed by atoms with Gasteiger partial charge in [0.2, 0.25) is 0 Å². The fraction of sp³-hybridized carbons (Fsp3) is 0.375. The minimum Gasteiger partial charge on any atom is -0.444 e. The second-order valence-corrected chi connectivity index (χ2v) is 12.1. The number of likely N-dealkylation sites (tertiary alicyclic amines) is 1. The van der Waals surface area contributed by atoms with E-state index in [0.29, 0.717) is 52.1 Å². The van der Waals surface area contributed by atoms with Gasteiger partial charge in [-0.15, -0.1) is 0 Å². The summed E-state index contributed by atoms with van der Waals surface area (Å²) in [5, 5.41) is 4.09. The minimum absolute atomic E-state index is 0.0466. The van der Waals surface area contributed by atoms with Crippen LogP contribution >= 0.6 is 11.6 Å². The maximum absolute atomic E-state index is 14.8. The van der Waals surface area contributed by atoms with Crippen LogP contribution in [0.3, 0.4) is 0 Å². The molecule has 2 aliphatic heterocycles. The Labute approximate surface area is 262 Å². The van der Waals surface area contributed by atoms with Gasteiger partial charge in [-0.05, 0) is 69.1 Å². The Bertz CT molecular complexity index is 1930. The van der Waals surface area contributed by atoms with E-state index in [4.69, 9.17) is 30.8 Å². The van der Waals surface area contributed by atoms with Crippen LogP contribution in [0, 0.1) is 5.82 Å². The number of fused-ring (bicyclic) bond motifs is 2. The molecule has 45 heavy (non-hydrogen) atoms. The van der Waals surface area contributed by atoms with Gasteiger partial charge in [0.05, 0.1) is 24.8 Å². The molecule has 5 aromatic rings. The van der Waals surface area contributed by atoms with E-state index in [2.05, 4.69) is 35.2 Å². The molecule has 0 amide bonds. The Morgan fingerprint density at radius 2 is 2.02 bits per heavy atom. The molecule has 3 aromatic heterocycles. The molecule has 1 N–H and O–H groups in total. The van der Waals surface area contributed by atoms with E-state index < -0.39 is 17.4 Å². The fourth-order valence-corrected chi connectivity index (χ4v) is 6.38. The number of hydrogen-bond donors (Lipinski definition) is 1. The van der Waals surface area contributed by atoms with Crippen molar-refractivity contribution in [3.63, 3.8) is 0 Å². The Morgan fingerprint density at radius 1 is 1.20 bits per heavy atom. The number of nitrogens with one attached hydrogen (secondary N) is 1. The van der Waals surface area contributed by atoms with E-state index in [1.807, 2.05) is 25.1 Å². The molecular formula is C32H32ClFN6O5. The zero-order chi connectivity index (χ0) is 31.3. The quantitative estimate of drug-likeness (QED) is 0.232. The Balaban J connectivity index is 1.09. The molecule has 2 aromatic carbocycles. The van der Waals surface area contributed by atoms with Crippen molar-refractivity contribution in [1.29, 1.82) is 0 Å². The lowest BCUT2D eigenvalue weighted by atomic mass is 9.88. The van der Waals surface area contributed by atoms with Crippen LogP contribution in [0.1, 0.15) is 49.6 Å². The van der Waals surface area contributed by atoms with Gasteiger partial charge < -0.3 is 18.8 Å². The van der Waals surface area contributed by atoms with Gasteiger partial charge in [-0.25, -0.2) is 19.2 Å². The third-order valence-electron chi connectivity index (χ3n) is 8.64. The van der Waals surface area contributed by atoms with Crippen LogP contribution in [-0.4, -0.2) is 55.9 Å². The Morgan fingerprint density at radius 3 is 2.76 bits per heavy atom. The lowest BCUT2D eigenvalue weighted by Gasteiger charge is -2.32. The summed E-state index contributed by atoms with van der Waals surface area (Å²) < 4.78 is 39.7. The molecule has 0 spiro atoms. The van der Waals surface area contributed by atoms with Crippen molar-refractivity contribution in [3.05, 3.63) is 87.0 Å². The van der Waals surface area contributed by atoms with Crippen molar-refractivity contribution >= 4 is 22.8 Å². The molecule has 2 aliphatic rings. The molecule has 234 valence electrons. The number of H-pyrrole nitrogens is 1. The Hall–Kier alpha value is -4.26. The van der Waals surface area contributed by atoms with Gasteiger partial charge in [0, 0.05) is 36.4 Å². The van der Waals surface area contributed by atoms with Gasteiger partial charge in [-0.3, -0.25) is 14.4 Å². The predicted octanol–water partition coefficient (Wildman–Crippen LogP) is 5.63. The standard InChI is InChI=1S/C32H32ClFN6O5/c1-18(42-3)16-40-27(36-25-13-20(15-35-30(25)40)29-37-31(41)45-38-29)17-39-11-9-19(10-12-39)22-5-4-6-26-28(22)44-32(2,43-26)23-8-7-21(33)14-24(23)34/h4-8,13-15,18-19H,9-12,16-17H2,1-3H3,(H,37,38,41)/t18-,32-/m0/s1. The number of imidazole rings is 1. The van der Waals surface area contributed by atoms with Gasteiger partial charge >= 0.3 is 5.76 Å². The number of halogens is 2. The summed E-state index contributed by atoms with van der Waals surface area (Å²) in [6.07, 6.45) is 3.41. The van der Waals surface area contributed by atoms with Crippen molar-refractivity contribution in [1.82, 2.24) is 29.6 Å². The van der Waals surface area contributed by atoms with Crippen LogP contribution in [0.2, 0.25) is 5.02 Å². The smallest absolute Gasteiger partial charge is 0.439 e. The summed E-state index contributed by atoms with van der Waals surface area (Å²) in [5.74, 6) is 0.312. The van der Waals surface area contributed by atoms with Crippen molar-refractivity contribution in [3.8, 4) is 22.9 Å². The molecule has 1 fully saturated rings. The van der Waals surface area contributed by atoms with E-state index in [1.165, 1.54) is 6.07 Å². The van der Waals surface area contributed by atoms with Crippen molar-refractivity contribution in [2.24, 2.45) is 0 Å². The van der Waals surface area contributed by atoms with E-state index in [0.717, 1.165) is 43.0 Å². The van der Waals surface area contributed by atoms with E-state index in [1.54, 1.807) is 32.4 Å². The first-order valence-corrected chi connectivity index (χ1v) is 15.2. The van der Waals surface area contributed by atoms with Gasteiger partial charge in [0.15, 0.2) is 23.0 Å². The molecule has 7 rings (SSSR count). The van der Waals surface area contributed by atoms with Crippen molar-refractivity contribution < 1.29 is 23.1 Å². The van der Waals surface area contributed by atoms with Gasteiger partial charge in [-0.2, -0.15) is 0 Å². The lowest BCUT2D eigenvalue weighted by molar-refractivity contribution is -0.0712. The first kappa shape index (κ1) is 29.5. The molecule has 0 unspecified atom stereocenters. The van der Waals surface area contributed by atoms with Crippen LogP contribution in [0.15, 0.2) is 58.0 Å². The van der Waals surface area contributed by atoms with E-state index in [-0.39, 0.29) is 12.0 Å². The average Bonchev–Trinajstić information content (AvgIpc) is 3.71. The summed E-state index contributed by atoms with van der Waals surface area (Å²) in [6, 6.07) is 12.3. The molecular weight excluding hydrogens is 603 g/mol. The zero-order valence-electron chi connectivity index (χ0n) is 25.0. The highest BCUT2D eigenvalue weighted by Gasteiger charge is 2.43. The molecule has 13 heteroatoms. The van der Waals surface area contributed by atoms with Crippen molar-refractivity contribution in [2.45, 2.75) is 57.6 Å². The Kier molecular flexibility index (Phi) is 7.58. The third kappa shape index (κ3) is 5.58. The normalized spacial score (nSPS) is 19.4. The van der Waals surface area contributed by atoms with Crippen LogP contribution in [0.25, 0.3) is 22.6 Å². The zero-order valence-corrected chi connectivity index (χ0v) is 25.8. The first-order valence-electron chi connectivity index (χ1n) is 14.8. The molecule has 5 heterocycles. The average molecular weight is 635 g/mol. The van der Waals surface area contributed by atoms with Gasteiger partial charge in [0.25, 0.3) is 5.79 Å². The summed E-state index contributed by atoms with van der Waals surface area (Å²) in [5.41, 5.74) is 3.40. The molecule has 0 bridgehead atoms. The van der Waals surface area contributed by atoms with Crippen LogP contribution in [-0.2, 0) is 23.6 Å². The highest BCUT2D eigenvalue weighted by Crippen LogP contribution is 2.49. The molecule has 0 radical (unpaired) electrons. The fourth-order valence-electron chi connectivity index (χ4n) is 6.22. The molecule has 1 saturated heterocycles. The van der Waals surface area contributed by atoms with Gasteiger partial charge in [-0.1, -0.05) is 28.9 Å². The lowest BCUT2D eigenvalue weighted by Crippen LogP contribution is -2.34. The molecule has 0 aliphatic carbocycles. The second kappa shape index (κ2) is 11.6. The summed E-state index contributed by atoms with van der Waals surface area (Å²) in [7, 11) is 1.68. The summed E-state index contributed by atoms with van der Waals surface area (Å²) in [6.45, 7) is 6.65. The number of hydrogen-bond acceptors (Lipinski definition) is 9. The number of nitrogens with zero attached hydrogens (tertiary/aromatic N) is 5. The number of aromatic nitrogens is 5. The van der Waals surface area contributed by atoms with E-state index in [9.17, 15) is 9.18 Å². The SMILES string of the molecule is CO[C@@H](C)Cn1c(CN2CCC(c3cccc4c3O[C@@](C)(c3ccc(Cl)cc3F)O4)CC2)nc2cc(-c3noc(=O)[nH]3)cnc21. The number of piperidine rings is 1. The largest absolute Gasteiger partial charge is 0.444 e. The maximum Gasteiger partial charge on any atom is 0.439 e.